The molecule has 0 aromatic heterocycles. The number of thioether (sulfide) groups is 1. The van der Waals surface area contributed by atoms with Crippen molar-refractivity contribution < 1.29 is 14.3 Å². The van der Waals surface area contributed by atoms with Crippen LogP contribution in [0, 0.1) is 5.92 Å². The summed E-state index contributed by atoms with van der Waals surface area (Å²) in [5, 5.41) is 3.34. The predicted molar refractivity (Wildman–Crippen MR) is 124 cm³/mol. The summed E-state index contributed by atoms with van der Waals surface area (Å²) in [5.41, 5.74) is 2.28. The van der Waals surface area contributed by atoms with Crippen LogP contribution in [0.3, 0.4) is 0 Å². The quantitative estimate of drug-likeness (QED) is 0.740. The largest absolute Gasteiger partial charge is 0.497 e. The molecule has 160 valence electrons. The fraction of sp³-hybridized carbons (Fsp3) is 0.304. The van der Waals surface area contributed by atoms with Gasteiger partial charge in [-0.05, 0) is 48.7 Å². The van der Waals surface area contributed by atoms with E-state index in [1.54, 1.807) is 36.3 Å². The molecule has 2 aliphatic heterocycles. The number of para-hydroxylation sites is 1. The van der Waals surface area contributed by atoms with Crippen LogP contribution in [0.4, 0.5) is 11.4 Å². The van der Waals surface area contributed by atoms with Crippen molar-refractivity contribution in [3.8, 4) is 5.75 Å². The van der Waals surface area contributed by atoms with E-state index in [0.29, 0.717) is 29.0 Å². The second-order valence-electron chi connectivity index (χ2n) is 7.75. The zero-order valence-corrected chi connectivity index (χ0v) is 18.5. The molecule has 0 saturated heterocycles. The summed E-state index contributed by atoms with van der Waals surface area (Å²) in [7, 11) is 1.59. The number of amides is 2. The van der Waals surface area contributed by atoms with Crippen LogP contribution in [-0.4, -0.2) is 46.6 Å². The second kappa shape index (κ2) is 8.93. The van der Waals surface area contributed by atoms with Crippen LogP contribution in [0.25, 0.3) is 0 Å². The number of anilines is 1. The first-order valence-corrected chi connectivity index (χ1v) is 11.1. The van der Waals surface area contributed by atoms with Crippen LogP contribution in [0.5, 0.6) is 5.75 Å². The number of carbonyl (C=O) groups is 2. The Bertz CT molecular complexity index is 1060. The normalized spacial score (nSPS) is 17.1. The molecule has 31 heavy (non-hydrogen) atoms. The molecule has 0 fully saturated rings. The maximum absolute atomic E-state index is 13.1. The Morgan fingerprint density at radius 2 is 1.94 bits per heavy atom. The van der Waals surface area contributed by atoms with Crippen LogP contribution in [-0.2, 0) is 9.59 Å². The predicted octanol–water partition coefficient (Wildman–Crippen LogP) is 4.07. The average Bonchev–Trinajstić information content (AvgIpc) is 3.08. The van der Waals surface area contributed by atoms with E-state index in [0.717, 1.165) is 17.0 Å². The van der Waals surface area contributed by atoms with Gasteiger partial charge in [-0.3, -0.25) is 14.6 Å². The number of aliphatic imine (C=N–C) groups is 2. The van der Waals surface area contributed by atoms with Crippen molar-refractivity contribution >= 4 is 46.0 Å². The molecule has 2 aromatic carbocycles. The highest BCUT2D eigenvalue weighted by atomic mass is 32.2. The molecule has 2 aromatic rings. The van der Waals surface area contributed by atoms with E-state index in [4.69, 9.17) is 9.73 Å². The fourth-order valence-electron chi connectivity index (χ4n) is 3.50. The van der Waals surface area contributed by atoms with Gasteiger partial charge in [0, 0.05) is 11.3 Å². The number of fused-ring (bicyclic) bond motifs is 3. The molecule has 0 spiro atoms. The highest BCUT2D eigenvalue weighted by Gasteiger charge is 2.41. The molecule has 2 aliphatic rings. The minimum atomic E-state index is -0.417. The maximum atomic E-state index is 13.1. The summed E-state index contributed by atoms with van der Waals surface area (Å²) < 4.78 is 5.13. The minimum Gasteiger partial charge on any atom is -0.497 e. The van der Waals surface area contributed by atoms with Gasteiger partial charge >= 0.3 is 0 Å². The number of hydrogen-bond acceptors (Lipinski definition) is 6. The van der Waals surface area contributed by atoms with Gasteiger partial charge < -0.3 is 10.1 Å². The number of hydrogen-bond donors (Lipinski definition) is 1. The number of ether oxygens (including phenoxy) is 1. The number of nitrogens with one attached hydrogen (secondary N) is 1. The molecule has 7 nitrogen and oxygen atoms in total. The van der Waals surface area contributed by atoms with Crippen LogP contribution in [0.1, 0.15) is 25.8 Å². The Morgan fingerprint density at radius 3 is 2.65 bits per heavy atom. The first-order chi connectivity index (χ1) is 15.0. The van der Waals surface area contributed by atoms with Gasteiger partial charge in [0.1, 0.15) is 17.6 Å². The van der Waals surface area contributed by atoms with Gasteiger partial charge in [0.15, 0.2) is 5.17 Å². The van der Waals surface area contributed by atoms with Gasteiger partial charge in [-0.25, -0.2) is 9.89 Å². The van der Waals surface area contributed by atoms with Crippen molar-refractivity contribution in [3.63, 3.8) is 0 Å². The summed E-state index contributed by atoms with van der Waals surface area (Å²) in [6, 6.07) is 14.3. The Morgan fingerprint density at radius 1 is 1.19 bits per heavy atom. The zero-order valence-electron chi connectivity index (χ0n) is 17.7. The van der Waals surface area contributed by atoms with Crippen LogP contribution in [0.15, 0.2) is 58.5 Å². The molecule has 2 heterocycles. The van der Waals surface area contributed by atoms with Crippen LogP contribution < -0.4 is 10.1 Å². The van der Waals surface area contributed by atoms with E-state index in [1.807, 2.05) is 24.3 Å². The molecule has 2 amide bonds. The molecule has 1 atom stereocenters. The number of nitrogens with zero attached hydrogens (tertiary/aromatic N) is 3. The van der Waals surface area contributed by atoms with Crippen molar-refractivity contribution in [2.24, 2.45) is 15.9 Å². The zero-order chi connectivity index (χ0) is 22.0. The monoisotopic (exact) mass is 436 g/mol. The number of carbonyl (C=O) groups excluding carboxylic acids is 2. The molecule has 0 radical (unpaired) electrons. The molecular formula is C23H24N4O3S. The van der Waals surface area contributed by atoms with Gasteiger partial charge in [-0.2, -0.15) is 0 Å². The standard InChI is InChI=1S/C23H24N4O3S/c1-14(2)12-19-22(29)27-21(25-19)17-6-4-5-7-18(17)26-23(27)31-13-20(28)24-15-8-10-16(30-3)11-9-15/h4-11,14,19H,12-13H2,1-3H3,(H,24,28)/t19-/m0/s1. The summed E-state index contributed by atoms with van der Waals surface area (Å²) in [4.78, 5) is 36.5. The molecule has 0 saturated carbocycles. The first kappa shape index (κ1) is 21.1. The van der Waals surface area contributed by atoms with Crippen molar-refractivity contribution in [1.82, 2.24) is 4.90 Å². The van der Waals surface area contributed by atoms with E-state index in [1.165, 1.54) is 11.8 Å². The molecule has 4 rings (SSSR count). The average molecular weight is 437 g/mol. The third kappa shape index (κ3) is 4.49. The summed E-state index contributed by atoms with van der Waals surface area (Å²) in [6.45, 7) is 4.15. The molecule has 0 unspecified atom stereocenters. The Kier molecular flexibility index (Phi) is 6.08. The summed E-state index contributed by atoms with van der Waals surface area (Å²) in [6.07, 6.45) is 0.677. The molecule has 1 N–H and O–H groups in total. The molecular weight excluding hydrogens is 412 g/mol. The van der Waals surface area contributed by atoms with E-state index in [9.17, 15) is 9.59 Å². The Balaban J connectivity index is 1.51. The fourth-order valence-corrected chi connectivity index (χ4v) is 4.30. The van der Waals surface area contributed by atoms with Gasteiger partial charge in [-0.1, -0.05) is 37.7 Å². The molecule has 0 bridgehead atoms. The van der Waals surface area contributed by atoms with Crippen molar-refractivity contribution in [1.29, 1.82) is 0 Å². The highest BCUT2D eigenvalue weighted by Crippen LogP contribution is 2.34. The van der Waals surface area contributed by atoms with Crippen molar-refractivity contribution in [2.75, 3.05) is 18.2 Å². The van der Waals surface area contributed by atoms with E-state index in [-0.39, 0.29) is 17.6 Å². The number of benzene rings is 2. The van der Waals surface area contributed by atoms with E-state index >= 15 is 0 Å². The van der Waals surface area contributed by atoms with Crippen molar-refractivity contribution in [2.45, 2.75) is 26.3 Å². The second-order valence-corrected chi connectivity index (χ2v) is 8.69. The van der Waals surface area contributed by atoms with Gasteiger partial charge in [-0.15, -0.1) is 0 Å². The topological polar surface area (TPSA) is 83.4 Å². The lowest BCUT2D eigenvalue weighted by Crippen LogP contribution is -2.41. The summed E-state index contributed by atoms with van der Waals surface area (Å²) >= 11 is 1.23. The number of methoxy groups -OCH3 is 1. The Labute approximate surface area is 185 Å². The Hall–Kier alpha value is -3.13. The lowest BCUT2D eigenvalue weighted by Gasteiger charge is -2.25. The third-order valence-corrected chi connectivity index (χ3v) is 5.89. The van der Waals surface area contributed by atoms with Gasteiger partial charge in [0.2, 0.25) is 5.91 Å². The van der Waals surface area contributed by atoms with Crippen LogP contribution >= 0.6 is 11.8 Å². The molecule has 8 heteroatoms. The van der Waals surface area contributed by atoms with Crippen molar-refractivity contribution in [3.05, 3.63) is 54.1 Å². The minimum absolute atomic E-state index is 0.0833. The SMILES string of the molecule is COc1ccc(NC(=O)CSC2=Nc3ccccc3C3=N[C@@H](CC(C)C)C(=O)N23)cc1. The van der Waals surface area contributed by atoms with Gasteiger partial charge in [0.05, 0.1) is 18.6 Å². The van der Waals surface area contributed by atoms with Crippen LogP contribution in [0.2, 0.25) is 0 Å². The maximum Gasteiger partial charge on any atom is 0.259 e. The van der Waals surface area contributed by atoms with Gasteiger partial charge in [0.25, 0.3) is 5.91 Å². The third-order valence-electron chi connectivity index (χ3n) is 4.95. The number of rotatable bonds is 6. The smallest absolute Gasteiger partial charge is 0.259 e. The number of amidine groups is 2. The first-order valence-electron chi connectivity index (χ1n) is 10.1. The summed E-state index contributed by atoms with van der Waals surface area (Å²) in [5.74, 6) is 1.55. The highest BCUT2D eigenvalue weighted by molar-refractivity contribution is 8.14. The lowest BCUT2D eigenvalue weighted by molar-refractivity contribution is -0.125. The van der Waals surface area contributed by atoms with E-state index < -0.39 is 6.04 Å². The lowest BCUT2D eigenvalue weighted by atomic mass is 10.0. The molecule has 0 aliphatic carbocycles. The van der Waals surface area contributed by atoms with E-state index in [2.05, 4.69) is 24.2 Å².